The molecule has 9 nitrogen and oxygen atoms in total. The first kappa shape index (κ1) is 26.0. The standard InChI is InChI=1S/C30H33ClN8O/c1-20-16-23-24(34-20)10-11-26(30(23)31)40-19-33-29(39-14-12-38(13-15-39)22-6-4-3-5-7-22)18-27(32-2)35-28-17-25(36-37-28)21-8-9-21/h3-7,10-11,16-18,21,34H,2,8-9,12-15,19H2,1H3,(H2,35,36,37)/b27-18+,33-29+. The van der Waals surface area contributed by atoms with Crippen LogP contribution in [0.2, 0.25) is 5.02 Å². The van der Waals surface area contributed by atoms with Crippen LogP contribution in [-0.4, -0.2) is 65.5 Å². The topological polar surface area (TPSA) is 96.9 Å². The smallest absolute Gasteiger partial charge is 0.181 e. The van der Waals surface area contributed by atoms with E-state index in [2.05, 4.69) is 66.3 Å². The largest absolute Gasteiger partial charge is 0.470 e. The van der Waals surface area contributed by atoms with Gasteiger partial charge in [0.1, 0.15) is 17.4 Å². The zero-order chi connectivity index (χ0) is 27.5. The summed E-state index contributed by atoms with van der Waals surface area (Å²) in [6.45, 7) is 9.26. The summed E-state index contributed by atoms with van der Waals surface area (Å²) in [6, 6.07) is 18.4. The van der Waals surface area contributed by atoms with E-state index in [1.807, 2.05) is 43.3 Å². The monoisotopic (exact) mass is 556 g/mol. The summed E-state index contributed by atoms with van der Waals surface area (Å²) in [7, 11) is 0. The van der Waals surface area contributed by atoms with E-state index < -0.39 is 0 Å². The van der Waals surface area contributed by atoms with Crippen molar-refractivity contribution in [1.29, 1.82) is 0 Å². The number of H-pyrrole nitrogens is 2. The first-order valence-electron chi connectivity index (χ1n) is 13.6. The summed E-state index contributed by atoms with van der Waals surface area (Å²) >= 11 is 6.65. The second-order valence-electron chi connectivity index (χ2n) is 10.2. The van der Waals surface area contributed by atoms with Gasteiger partial charge in [0.2, 0.25) is 0 Å². The molecule has 0 bridgehead atoms. The average Bonchev–Trinajstić information content (AvgIpc) is 3.60. The highest BCUT2D eigenvalue weighted by molar-refractivity contribution is 6.37. The van der Waals surface area contributed by atoms with Crippen LogP contribution < -0.4 is 15.0 Å². The summed E-state index contributed by atoms with van der Waals surface area (Å²) in [5.41, 5.74) is 4.41. The number of halogens is 1. The number of para-hydroxylation sites is 1. The van der Waals surface area contributed by atoms with Gasteiger partial charge in [0.25, 0.3) is 0 Å². The number of hydrogen-bond donors (Lipinski definition) is 3. The minimum Gasteiger partial charge on any atom is -0.470 e. The Morgan fingerprint density at radius 2 is 1.95 bits per heavy atom. The Morgan fingerprint density at radius 3 is 2.70 bits per heavy atom. The van der Waals surface area contributed by atoms with Crippen molar-refractivity contribution in [3.05, 3.63) is 82.9 Å². The molecule has 0 atom stereocenters. The third kappa shape index (κ3) is 5.84. The fraction of sp³-hybridized carbons (Fsp3) is 0.300. The van der Waals surface area contributed by atoms with E-state index in [0.717, 1.165) is 54.3 Å². The second kappa shape index (κ2) is 11.5. The Morgan fingerprint density at radius 1 is 1.15 bits per heavy atom. The molecule has 2 aromatic heterocycles. The van der Waals surface area contributed by atoms with E-state index in [1.165, 1.54) is 18.5 Å². The molecule has 2 aliphatic rings. The lowest BCUT2D eigenvalue weighted by molar-refractivity contribution is 0.324. The molecule has 3 heterocycles. The Balaban J connectivity index is 1.21. The molecule has 0 radical (unpaired) electrons. The van der Waals surface area contributed by atoms with Gasteiger partial charge in [-0.1, -0.05) is 29.8 Å². The normalized spacial score (nSPS) is 16.4. The number of aliphatic imine (C=N–C) groups is 2. The first-order chi connectivity index (χ1) is 19.6. The maximum absolute atomic E-state index is 6.65. The maximum Gasteiger partial charge on any atom is 0.181 e. The van der Waals surface area contributed by atoms with Crippen molar-refractivity contribution in [2.45, 2.75) is 25.7 Å². The van der Waals surface area contributed by atoms with Gasteiger partial charge in [0, 0.05) is 72.2 Å². The Kier molecular flexibility index (Phi) is 7.46. The number of aryl methyl sites for hydroxylation is 1. The number of nitrogens with one attached hydrogen (secondary N) is 3. The van der Waals surface area contributed by atoms with Crippen LogP contribution in [0.15, 0.2) is 76.5 Å². The molecule has 1 aliphatic heterocycles. The Labute approximate surface area is 238 Å². The van der Waals surface area contributed by atoms with Crippen LogP contribution in [0.3, 0.4) is 0 Å². The van der Waals surface area contributed by atoms with E-state index >= 15 is 0 Å². The molecule has 2 aromatic carbocycles. The molecule has 40 heavy (non-hydrogen) atoms. The minimum atomic E-state index is 0.109. The number of fused-ring (bicyclic) bond motifs is 1. The van der Waals surface area contributed by atoms with Gasteiger partial charge in [-0.3, -0.25) is 5.10 Å². The molecule has 206 valence electrons. The van der Waals surface area contributed by atoms with Crippen LogP contribution in [-0.2, 0) is 0 Å². The summed E-state index contributed by atoms with van der Waals surface area (Å²) in [5, 5.41) is 12.3. The highest BCUT2D eigenvalue weighted by atomic mass is 35.5. The van der Waals surface area contributed by atoms with Gasteiger partial charge in [-0.05, 0) is 56.8 Å². The van der Waals surface area contributed by atoms with Crippen molar-refractivity contribution in [3.8, 4) is 5.75 Å². The molecule has 2 fully saturated rings. The number of anilines is 2. The number of rotatable bonds is 9. The zero-order valence-electron chi connectivity index (χ0n) is 22.5. The fourth-order valence-electron chi connectivity index (χ4n) is 5.02. The predicted molar refractivity (Wildman–Crippen MR) is 163 cm³/mol. The van der Waals surface area contributed by atoms with E-state index in [4.69, 9.17) is 21.3 Å². The first-order valence-corrected chi connectivity index (χ1v) is 14.0. The van der Waals surface area contributed by atoms with Crippen LogP contribution in [0.25, 0.3) is 10.9 Å². The third-order valence-corrected chi connectivity index (χ3v) is 7.71. The van der Waals surface area contributed by atoms with Gasteiger partial charge in [-0.15, -0.1) is 0 Å². The molecule has 1 saturated carbocycles. The van der Waals surface area contributed by atoms with E-state index in [-0.39, 0.29) is 6.73 Å². The molecule has 4 aromatic rings. The quantitative estimate of drug-likeness (QED) is 0.175. The molecule has 1 saturated heterocycles. The number of ether oxygens (including phenoxy) is 1. The van der Waals surface area contributed by atoms with Crippen molar-refractivity contribution in [2.24, 2.45) is 9.98 Å². The summed E-state index contributed by atoms with van der Waals surface area (Å²) in [4.78, 5) is 17.0. The lowest BCUT2D eigenvalue weighted by atomic mass is 10.2. The number of hydrogen-bond acceptors (Lipinski definition) is 6. The third-order valence-electron chi connectivity index (χ3n) is 7.32. The summed E-state index contributed by atoms with van der Waals surface area (Å²) in [5.74, 6) is 3.23. The van der Waals surface area contributed by atoms with Crippen LogP contribution in [0.5, 0.6) is 5.75 Å². The minimum absolute atomic E-state index is 0.109. The maximum atomic E-state index is 6.65. The molecule has 10 heteroatoms. The van der Waals surface area contributed by atoms with E-state index in [9.17, 15) is 0 Å². The molecule has 3 N–H and O–H groups in total. The zero-order valence-corrected chi connectivity index (χ0v) is 23.3. The molecule has 0 unspecified atom stereocenters. The Bertz CT molecular complexity index is 1540. The van der Waals surface area contributed by atoms with Gasteiger partial charge in [-0.2, -0.15) is 5.10 Å². The van der Waals surface area contributed by atoms with Crippen LogP contribution in [0.4, 0.5) is 11.5 Å². The SMILES string of the molecule is C=N/C(=C\C(=N/COc1ccc2[nH]c(C)cc2c1Cl)N1CCN(c2ccccc2)CC1)Nc1cc(C2CC2)[nH]n1. The van der Waals surface area contributed by atoms with Crippen molar-refractivity contribution in [2.75, 3.05) is 43.1 Å². The molecular formula is C30H33ClN8O. The molecule has 6 rings (SSSR count). The molecule has 1 aliphatic carbocycles. The summed E-state index contributed by atoms with van der Waals surface area (Å²) < 4.78 is 6.05. The van der Waals surface area contributed by atoms with Gasteiger partial charge in [0.05, 0.1) is 5.02 Å². The number of aromatic nitrogens is 3. The molecule has 0 spiro atoms. The van der Waals surface area contributed by atoms with Crippen LogP contribution in [0, 0.1) is 6.92 Å². The van der Waals surface area contributed by atoms with E-state index in [0.29, 0.717) is 28.3 Å². The van der Waals surface area contributed by atoms with Gasteiger partial charge < -0.3 is 24.8 Å². The number of aromatic amines is 2. The summed E-state index contributed by atoms with van der Waals surface area (Å²) in [6.07, 6.45) is 4.31. The number of nitrogens with zero attached hydrogens (tertiary/aromatic N) is 5. The molecule has 0 amide bonds. The van der Waals surface area contributed by atoms with Crippen molar-refractivity contribution in [3.63, 3.8) is 0 Å². The van der Waals surface area contributed by atoms with Crippen molar-refractivity contribution >= 4 is 46.6 Å². The number of piperazine rings is 1. The highest BCUT2D eigenvalue weighted by Gasteiger charge is 2.26. The van der Waals surface area contributed by atoms with Crippen LogP contribution >= 0.6 is 11.6 Å². The van der Waals surface area contributed by atoms with Gasteiger partial charge in [0.15, 0.2) is 12.5 Å². The highest BCUT2D eigenvalue weighted by Crippen LogP contribution is 2.39. The number of amidine groups is 1. The van der Waals surface area contributed by atoms with Gasteiger partial charge in [-0.25, -0.2) is 9.98 Å². The van der Waals surface area contributed by atoms with Crippen molar-refractivity contribution < 1.29 is 4.74 Å². The van der Waals surface area contributed by atoms with E-state index in [1.54, 1.807) is 0 Å². The predicted octanol–water partition coefficient (Wildman–Crippen LogP) is 5.94. The van der Waals surface area contributed by atoms with Crippen molar-refractivity contribution in [1.82, 2.24) is 20.1 Å². The lowest BCUT2D eigenvalue weighted by Crippen LogP contribution is -2.48. The van der Waals surface area contributed by atoms with Crippen LogP contribution in [0.1, 0.15) is 30.1 Å². The number of benzene rings is 2. The fourth-order valence-corrected chi connectivity index (χ4v) is 5.29. The lowest BCUT2D eigenvalue weighted by Gasteiger charge is -2.37. The Hall–Kier alpha value is -4.24. The van der Waals surface area contributed by atoms with Gasteiger partial charge >= 0.3 is 0 Å². The average molecular weight is 557 g/mol. The molecular weight excluding hydrogens is 524 g/mol. The second-order valence-corrected chi connectivity index (χ2v) is 10.6.